The van der Waals surface area contributed by atoms with Crippen molar-refractivity contribution in [2.75, 3.05) is 0 Å². The van der Waals surface area contributed by atoms with E-state index in [9.17, 15) is 0 Å². The number of nitrogens with one attached hydrogen (secondary N) is 1. The van der Waals surface area contributed by atoms with Gasteiger partial charge in [-0.1, -0.05) is 0 Å². The van der Waals surface area contributed by atoms with Gasteiger partial charge in [0.25, 0.3) is 0 Å². The molecule has 0 unspecified atom stereocenters. The lowest BCUT2D eigenvalue weighted by Gasteiger charge is -2.21. The zero-order chi connectivity index (χ0) is 12.7. The van der Waals surface area contributed by atoms with Gasteiger partial charge in [0.15, 0.2) is 0 Å². The molecule has 94 valence electrons. The van der Waals surface area contributed by atoms with Gasteiger partial charge >= 0.3 is 0 Å². The highest BCUT2D eigenvalue weighted by Crippen LogP contribution is 2.08. The second-order valence-corrected chi connectivity index (χ2v) is 5.41. The maximum Gasteiger partial charge on any atom is 0.0621 e. The molecule has 1 rings (SSSR count). The van der Waals surface area contributed by atoms with Crippen molar-refractivity contribution in [1.29, 1.82) is 5.26 Å². The zero-order valence-electron chi connectivity index (χ0n) is 11.2. The molecule has 0 spiro atoms. The number of nitriles is 1. The summed E-state index contributed by atoms with van der Waals surface area (Å²) in [6.45, 7) is 8.43. The fourth-order valence-electron chi connectivity index (χ4n) is 1.67. The third kappa shape index (κ3) is 5.55. The summed E-state index contributed by atoms with van der Waals surface area (Å²) in [5, 5.41) is 12.0. The van der Waals surface area contributed by atoms with Gasteiger partial charge in [0, 0.05) is 36.9 Å². The predicted octanol–water partition coefficient (Wildman–Crippen LogP) is 3.07. The summed E-state index contributed by atoms with van der Waals surface area (Å²) in [4.78, 5) is 0. The largest absolute Gasteiger partial charge is 0.350 e. The first-order chi connectivity index (χ1) is 8.03. The number of hydrogen-bond acceptors (Lipinski definition) is 2. The van der Waals surface area contributed by atoms with Crippen LogP contribution in [-0.4, -0.2) is 10.1 Å². The van der Waals surface area contributed by atoms with Crippen molar-refractivity contribution in [2.45, 2.75) is 58.7 Å². The van der Waals surface area contributed by atoms with Gasteiger partial charge < -0.3 is 9.88 Å². The van der Waals surface area contributed by atoms with Crippen LogP contribution in [0.25, 0.3) is 0 Å². The Hall–Kier alpha value is -1.27. The maximum atomic E-state index is 8.49. The molecule has 0 aliphatic carbocycles. The van der Waals surface area contributed by atoms with Gasteiger partial charge in [-0.15, -0.1) is 0 Å². The molecule has 0 aliphatic heterocycles. The first kappa shape index (κ1) is 13.8. The first-order valence-electron chi connectivity index (χ1n) is 6.29. The molecule has 0 radical (unpaired) electrons. The molecule has 0 fully saturated rings. The molecule has 1 N–H and O–H groups in total. The van der Waals surface area contributed by atoms with Crippen LogP contribution < -0.4 is 5.32 Å². The van der Waals surface area contributed by atoms with Gasteiger partial charge in [0.05, 0.1) is 6.07 Å². The van der Waals surface area contributed by atoms with Crippen LogP contribution in [0.3, 0.4) is 0 Å². The van der Waals surface area contributed by atoms with E-state index >= 15 is 0 Å². The monoisotopic (exact) mass is 233 g/mol. The number of unbranched alkanes of at least 4 members (excludes halogenated alkanes) is 2. The average molecular weight is 233 g/mol. The Morgan fingerprint density at radius 2 is 2.12 bits per heavy atom. The Morgan fingerprint density at radius 1 is 1.35 bits per heavy atom. The number of rotatable bonds is 6. The van der Waals surface area contributed by atoms with Crippen LogP contribution in [0.4, 0.5) is 0 Å². The van der Waals surface area contributed by atoms with Crippen molar-refractivity contribution in [3.63, 3.8) is 0 Å². The summed E-state index contributed by atoms with van der Waals surface area (Å²) in [6.07, 6.45) is 4.84. The quantitative estimate of drug-likeness (QED) is 0.767. The Labute approximate surface area is 104 Å². The van der Waals surface area contributed by atoms with Crippen molar-refractivity contribution in [1.82, 2.24) is 9.88 Å². The van der Waals surface area contributed by atoms with Gasteiger partial charge in [-0.2, -0.15) is 5.26 Å². The van der Waals surface area contributed by atoms with Crippen LogP contribution in [-0.2, 0) is 13.1 Å². The molecule has 0 atom stereocenters. The number of nitrogens with zero attached hydrogens (tertiary/aromatic N) is 2. The molecular formula is C14H23N3. The molecule has 3 nitrogen and oxygen atoms in total. The van der Waals surface area contributed by atoms with Gasteiger partial charge in [-0.3, -0.25) is 0 Å². The van der Waals surface area contributed by atoms with Crippen molar-refractivity contribution in [2.24, 2.45) is 0 Å². The van der Waals surface area contributed by atoms with Crippen molar-refractivity contribution < 1.29 is 0 Å². The van der Waals surface area contributed by atoms with Crippen LogP contribution in [0.5, 0.6) is 0 Å². The molecular weight excluding hydrogens is 210 g/mol. The Kier molecular flexibility index (Phi) is 5.24. The molecule has 0 amide bonds. The standard InChI is InChI=1S/C14H23N3/c1-14(2,3)16-12-13-8-7-11-17(13)10-6-4-5-9-15/h7-8,11,16H,4-6,10,12H2,1-3H3. The van der Waals surface area contributed by atoms with E-state index in [0.29, 0.717) is 6.42 Å². The van der Waals surface area contributed by atoms with Crippen LogP contribution in [0.1, 0.15) is 45.7 Å². The predicted molar refractivity (Wildman–Crippen MR) is 70.5 cm³/mol. The third-order valence-electron chi connectivity index (χ3n) is 2.66. The van der Waals surface area contributed by atoms with Crippen molar-refractivity contribution in [3.05, 3.63) is 24.0 Å². The van der Waals surface area contributed by atoms with Gasteiger partial charge in [-0.05, 0) is 45.7 Å². The fraction of sp³-hybridized carbons (Fsp3) is 0.643. The van der Waals surface area contributed by atoms with Crippen molar-refractivity contribution >= 4 is 0 Å². The molecule has 0 saturated carbocycles. The maximum absolute atomic E-state index is 8.49. The molecule has 3 heteroatoms. The Morgan fingerprint density at radius 3 is 2.76 bits per heavy atom. The topological polar surface area (TPSA) is 40.8 Å². The lowest BCUT2D eigenvalue weighted by atomic mass is 10.1. The Balaban J connectivity index is 2.41. The first-order valence-corrected chi connectivity index (χ1v) is 6.29. The summed E-state index contributed by atoms with van der Waals surface area (Å²) in [6, 6.07) is 6.43. The number of aryl methyl sites for hydroxylation is 1. The summed E-state index contributed by atoms with van der Waals surface area (Å²) in [7, 11) is 0. The molecule has 1 heterocycles. The molecule has 1 aromatic rings. The SMILES string of the molecule is CC(C)(C)NCc1cccn1CCCCC#N. The highest BCUT2D eigenvalue weighted by atomic mass is 15.0. The van der Waals surface area contributed by atoms with E-state index in [1.54, 1.807) is 0 Å². The molecule has 0 saturated heterocycles. The molecule has 0 aliphatic rings. The summed E-state index contributed by atoms with van der Waals surface area (Å²) >= 11 is 0. The smallest absolute Gasteiger partial charge is 0.0621 e. The van der Waals surface area contributed by atoms with Gasteiger partial charge in [0.1, 0.15) is 0 Å². The fourth-order valence-corrected chi connectivity index (χ4v) is 1.67. The van der Waals surface area contributed by atoms with E-state index in [4.69, 9.17) is 5.26 Å². The van der Waals surface area contributed by atoms with E-state index in [1.165, 1.54) is 5.69 Å². The minimum absolute atomic E-state index is 0.149. The van der Waals surface area contributed by atoms with E-state index in [0.717, 1.165) is 25.9 Å². The molecule has 17 heavy (non-hydrogen) atoms. The highest BCUT2D eigenvalue weighted by Gasteiger charge is 2.09. The lowest BCUT2D eigenvalue weighted by molar-refractivity contribution is 0.414. The van der Waals surface area contributed by atoms with E-state index in [1.807, 2.05) is 0 Å². The summed E-state index contributed by atoms with van der Waals surface area (Å²) in [5.41, 5.74) is 1.47. The Bertz CT molecular complexity index is 366. The lowest BCUT2D eigenvalue weighted by Crippen LogP contribution is -2.35. The van der Waals surface area contributed by atoms with Crippen LogP contribution in [0, 0.1) is 11.3 Å². The normalized spacial score (nSPS) is 11.4. The van der Waals surface area contributed by atoms with E-state index in [-0.39, 0.29) is 5.54 Å². The van der Waals surface area contributed by atoms with Gasteiger partial charge in [-0.25, -0.2) is 0 Å². The minimum atomic E-state index is 0.149. The summed E-state index contributed by atoms with van der Waals surface area (Å²) in [5.74, 6) is 0. The molecule has 0 aromatic carbocycles. The zero-order valence-corrected chi connectivity index (χ0v) is 11.2. The second kappa shape index (κ2) is 6.46. The number of hydrogen-bond donors (Lipinski definition) is 1. The second-order valence-electron chi connectivity index (χ2n) is 5.41. The van der Waals surface area contributed by atoms with Crippen LogP contribution in [0.2, 0.25) is 0 Å². The van der Waals surface area contributed by atoms with Crippen LogP contribution >= 0.6 is 0 Å². The number of aromatic nitrogens is 1. The molecule has 0 bridgehead atoms. The third-order valence-corrected chi connectivity index (χ3v) is 2.66. The van der Waals surface area contributed by atoms with E-state index < -0.39 is 0 Å². The van der Waals surface area contributed by atoms with Crippen molar-refractivity contribution in [3.8, 4) is 6.07 Å². The average Bonchev–Trinajstić information content (AvgIpc) is 2.68. The van der Waals surface area contributed by atoms with Gasteiger partial charge in [0.2, 0.25) is 0 Å². The minimum Gasteiger partial charge on any atom is -0.350 e. The van der Waals surface area contributed by atoms with E-state index in [2.05, 4.69) is 55.1 Å². The molecule has 1 aromatic heterocycles. The highest BCUT2D eigenvalue weighted by molar-refractivity contribution is 5.07. The van der Waals surface area contributed by atoms with Crippen LogP contribution in [0.15, 0.2) is 18.3 Å². The summed E-state index contributed by atoms with van der Waals surface area (Å²) < 4.78 is 2.27.